The van der Waals surface area contributed by atoms with Gasteiger partial charge in [0.25, 0.3) is 0 Å². The van der Waals surface area contributed by atoms with Crippen molar-refractivity contribution in [2.75, 3.05) is 11.9 Å². The van der Waals surface area contributed by atoms with E-state index in [-0.39, 0.29) is 5.91 Å². The minimum absolute atomic E-state index is 0.0346. The van der Waals surface area contributed by atoms with Crippen LogP contribution in [0.25, 0.3) is 0 Å². The lowest BCUT2D eigenvalue weighted by atomic mass is 10.1. The molecular formula is C24H25NO2. The predicted molar refractivity (Wildman–Crippen MR) is 110 cm³/mol. The molecule has 0 heterocycles. The monoisotopic (exact) mass is 359 g/mol. The van der Waals surface area contributed by atoms with E-state index in [0.29, 0.717) is 13.0 Å². The fraction of sp³-hybridized carbons (Fsp3) is 0.208. The SMILES string of the molecule is O=C(CCCc1ccccc1)Nc1cccc(OCCc2ccccc2)c1. The van der Waals surface area contributed by atoms with Crippen molar-refractivity contribution >= 4 is 11.6 Å². The number of rotatable bonds is 9. The molecule has 0 unspecified atom stereocenters. The number of hydrogen-bond acceptors (Lipinski definition) is 2. The molecule has 0 saturated heterocycles. The molecule has 0 fully saturated rings. The van der Waals surface area contributed by atoms with E-state index < -0.39 is 0 Å². The van der Waals surface area contributed by atoms with Crippen molar-refractivity contribution in [3.63, 3.8) is 0 Å². The van der Waals surface area contributed by atoms with E-state index >= 15 is 0 Å². The molecule has 0 atom stereocenters. The first-order chi connectivity index (χ1) is 13.3. The number of carbonyl (C=O) groups is 1. The summed E-state index contributed by atoms with van der Waals surface area (Å²) < 4.78 is 5.82. The van der Waals surface area contributed by atoms with Crippen molar-refractivity contribution < 1.29 is 9.53 Å². The highest BCUT2D eigenvalue weighted by Gasteiger charge is 2.04. The van der Waals surface area contributed by atoms with Crippen LogP contribution >= 0.6 is 0 Å². The highest BCUT2D eigenvalue weighted by molar-refractivity contribution is 5.90. The Morgan fingerprint density at radius 2 is 1.44 bits per heavy atom. The van der Waals surface area contributed by atoms with Gasteiger partial charge in [0.2, 0.25) is 5.91 Å². The van der Waals surface area contributed by atoms with Crippen LogP contribution in [0.15, 0.2) is 84.9 Å². The number of nitrogens with one attached hydrogen (secondary N) is 1. The number of aryl methyl sites for hydroxylation is 1. The van der Waals surface area contributed by atoms with E-state index in [1.165, 1.54) is 11.1 Å². The summed E-state index contributed by atoms with van der Waals surface area (Å²) in [5.74, 6) is 0.806. The molecule has 0 bridgehead atoms. The molecule has 0 saturated carbocycles. The van der Waals surface area contributed by atoms with Crippen molar-refractivity contribution in [2.24, 2.45) is 0 Å². The maximum absolute atomic E-state index is 12.2. The molecule has 1 N–H and O–H groups in total. The van der Waals surface area contributed by atoms with Crippen molar-refractivity contribution in [1.82, 2.24) is 0 Å². The smallest absolute Gasteiger partial charge is 0.224 e. The fourth-order valence-electron chi connectivity index (χ4n) is 2.92. The summed E-state index contributed by atoms with van der Waals surface area (Å²) >= 11 is 0. The Hall–Kier alpha value is -3.07. The summed E-state index contributed by atoms with van der Waals surface area (Å²) in [6, 6.07) is 28.1. The second kappa shape index (κ2) is 10.2. The number of hydrogen-bond donors (Lipinski definition) is 1. The van der Waals surface area contributed by atoms with Crippen molar-refractivity contribution in [2.45, 2.75) is 25.7 Å². The van der Waals surface area contributed by atoms with Crippen LogP contribution in [0.1, 0.15) is 24.0 Å². The molecule has 0 aliphatic carbocycles. The number of anilines is 1. The van der Waals surface area contributed by atoms with E-state index in [0.717, 1.165) is 30.7 Å². The Morgan fingerprint density at radius 3 is 2.15 bits per heavy atom. The summed E-state index contributed by atoms with van der Waals surface area (Å²) in [5, 5.41) is 2.96. The third kappa shape index (κ3) is 6.63. The van der Waals surface area contributed by atoms with Gasteiger partial charge in [-0.3, -0.25) is 4.79 Å². The molecule has 1 amide bonds. The molecule has 3 rings (SSSR count). The van der Waals surface area contributed by atoms with Crippen LogP contribution in [0.4, 0.5) is 5.69 Å². The average molecular weight is 359 g/mol. The normalized spacial score (nSPS) is 10.4. The van der Waals surface area contributed by atoms with Gasteiger partial charge in [-0.05, 0) is 36.1 Å². The van der Waals surface area contributed by atoms with Gasteiger partial charge in [0.1, 0.15) is 5.75 Å². The fourth-order valence-corrected chi connectivity index (χ4v) is 2.92. The Balaban J connectivity index is 1.42. The molecule has 3 aromatic carbocycles. The predicted octanol–water partition coefficient (Wildman–Crippen LogP) is 5.27. The quantitative estimate of drug-likeness (QED) is 0.565. The molecule has 0 radical (unpaired) electrons. The molecule has 0 aliphatic heterocycles. The van der Waals surface area contributed by atoms with Crippen LogP contribution in [0.2, 0.25) is 0 Å². The number of carbonyl (C=O) groups excluding carboxylic acids is 1. The van der Waals surface area contributed by atoms with Crippen LogP contribution in [-0.4, -0.2) is 12.5 Å². The van der Waals surface area contributed by atoms with E-state index in [9.17, 15) is 4.79 Å². The zero-order valence-electron chi connectivity index (χ0n) is 15.4. The molecule has 0 aliphatic rings. The van der Waals surface area contributed by atoms with Crippen molar-refractivity contribution in [1.29, 1.82) is 0 Å². The molecule has 0 spiro atoms. The Morgan fingerprint density at radius 1 is 0.778 bits per heavy atom. The Kier molecular flexibility index (Phi) is 7.05. The summed E-state index contributed by atoms with van der Waals surface area (Å²) in [6.45, 7) is 0.610. The summed E-state index contributed by atoms with van der Waals surface area (Å²) in [7, 11) is 0. The van der Waals surface area contributed by atoms with Gasteiger partial charge in [-0.2, -0.15) is 0 Å². The Labute approximate surface area is 161 Å². The average Bonchev–Trinajstić information content (AvgIpc) is 2.70. The Bertz CT molecular complexity index is 831. The van der Waals surface area contributed by atoms with Crippen molar-refractivity contribution in [3.8, 4) is 5.75 Å². The second-order valence-corrected chi connectivity index (χ2v) is 6.50. The third-order valence-corrected chi connectivity index (χ3v) is 4.33. The molecule has 3 aromatic rings. The molecule has 138 valence electrons. The zero-order chi connectivity index (χ0) is 18.7. The maximum Gasteiger partial charge on any atom is 0.224 e. The summed E-state index contributed by atoms with van der Waals surface area (Å²) in [6.07, 6.45) is 3.12. The van der Waals surface area contributed by atoms with Crippen LogP contribution in [0, 0.1) is 0 Å². The molecule has 0 aromatic heterocycles. The zero-order valence-corrected chi connectivity index (χ0v) is 15.4. The van der Waals surface area contributed by atoms with Crippen molar-refractivity contribution in [3.05, 3.63) is 96.1 Å². The van der Waals surface area contributed by atoms with Gasteiger partial charge in [-0.25, -0.2) is 0 Å². The number of amides is 1. The minimum Gasteiger partial charge on any atom is -0.493 e. The lowest BCUT2D eigenvalue weighted by Crippen LogP contribution is -2.11. The largest absolute Gasteiger partial charge is 0.493 e. The third-order valence-electron chi connectivity index (χ3n) is 4.33. The van der Waals surface area contributed by atoms with E-state index in [2.05, 4.69) is 29.6 Å². The van der Waals surface area contributed by atoms with E-state index in [1.807, 2.05) is 60.7 Å². The first-order valence-electron chi connectivity index (χ1n) is 9.40. The minimum atomic E-state index is 0.0346. The number of ether oxygens (including phenoxy) is 1. The van der Waals surface area contributed by atoms with Gasteiger partial charge in [-0.1, -0.05) is 66.7 Å². The van der Waals surface area contributed by atoms with E-state index in [4.69, 9.17) is 4.74 Å². The first kappa shape index (κ1) is 18.7. The summed E-state index contributed by atoms with van der Waals surface area (Å²) in [4.78, 5) is 12.2. The first-order valence-corrected chi connectivity index (χ1v) is 9.40. The molecule has 3 heteroatoms. The highest BCUT2D eigenvalue weighted by Crippen LogP contribution is 2.18. The maximum atomic E-state index is 12.2. The molecule has 3 nitrogen and oxygen atoms in total. The molecular weight excluding hydrogens is 334 g/mol. The standard InChI is InChI=1S/C24H25NO2/c26-24(16-7-13-20-9-3-1-4-10-20)25-22-14-8-15-23(19-22)27-18-17-21-11-5-2-6-12-21/h1-6,8-12,14-15,19H,7,13,16-18H2,(H,25,26). The van der Waals surface area contributed by atoms with Crippen LogP contribution < -0.4 is 10.1 Å². The van der Waals surface area contributed by atoms with Crippen LogP contribution in [0.5, 0.6) is 5.75 Å². The lowest BCUT2D eigenvalue weighted by Gasteiger charge is -2.09. The van der Waals surface area contributed by atoms with Crippen LogP contribution in [0.3, 0.4) is 0 Å². The number of benzene rings is 3. The van der Waals surface area contributed by atoms with Gasteiger partial charge in [-0.15, -0.1) is 0 Å². The topological polar surface area (TPSA) is 38.3 Å². The van der Waals surface area contributed by atoms with Gasteiger partial charge in [0, 0.05) is 24.6 Å². The molecule has 27 heavy (non-hydrogen) atoms. The van der Waals surface area contributed by atoms with Gasteiger partial charge in [0.05, 0.1) is 6.61 Å². The van der Waals surface area contributed by atoms with Gasteiger partial charge >= 0.3 is 0 Å². The highest BCUT2D eigenvalue weighted by atomic mass is 16.5. The summed E-state index contributed by atoms with van der Waals surface area (Å²) in [5.41, 5.74) is 3.29. The van der Waals surface area contributed by atoms with E-state index in [1.54, 1.807) is 0 Å². The lowest BCUT2D eigenvalue weighted by molar-refractivity contribution is -0.116. The second-order valence-electron chi connectivity index (χ2n) is 6.50. The van der Waals surface area contributed by atoms with Gasteiger partial charge < -0.3 is 10.1 Å². The van der Waals surface area contributed by atoms with Gasteiger partial charge in [0.15, 0.2) is 0 Å². The van der Waals surface area contributed by atoms with Crippen LogP contribution in [-0.2, 0) is 17.6 Å².